The lowest BCUT2D eigenvalue weighted by molar-refractivity contribution is 0.415. The molecule has 0 spiro atoms. The van der Waals surface area contributed by atoms with Gasteiger partial charge in [-0.2, -0.15) is 0 Å². The average Bonchev–Trinajstić information content (AvgIpc) is 2.92. The van der Waals surface area contributed by atoms with E-state index in [1.54, 1.807) is 0 Å². The summed E-state index contributed by atoms with van der Waals surface area (Å²) in [4.78, 5) is 0. The van der Waals surface area contributed by atoms with Gasteiger partial charge in [0.2, 0.25) is 0 Å². The zero-order valence-electron chi connectivity index (χ0n) is 21.2. The molecule has 0 aromatic heterocycles. The van der Waals surface area contributed by atoms with E-state index in [4.69, 9.17) is 9.05 Å². The first-order valence-corrected chi connectivity index (χ1v) is 14.2. The molecule has 0 unspecified atom stereocenters. The minimum atomic E-state index is -2.73. The molecule has 4 rings (SSSR count). The van der Waals surface area contributed by atoms with Crippen LogP contribution in [0.25, 0.3) is 22.3 Å². The fourth-order valence-electron chi connectivity index (χ4n) is 4.13. The fraction of sp³-hybridized carbons (Fsp3) is 0.250. The quantitative estimate of drug-likeness (QED) is 0.182. The molecule has 0 heterocycles. The van der Waals surface area contributed by atoms with Crippen LogP contribution in [0.1, 0.15) is 50.7 Å². The highest BCUT2D eigenvalue weighted by molar-refractivity contribution is 7.34. The van der Waals surface area contributed by atoms with E-state index in [1.807, 2.05) is 48.5 Å². The van der Waals surface area contributed by atoms with Crippen LogP contribution in [0.4, 0.5) is 0 Å². The molecule has 0 amide bonds. The minimum absolute atomic E-state index is 0.530. The summed E-state index contributed by atoms with van der Waals surface area (Å²) in [6.45, 7) is 4.42. The summed E-state index contributed by atoms with van der Waals surface area (Å²) in [5, 5.41) is 0. The summed E-state index contributed by atoms with van der Waals surface area (Å²) in [6.07, 6.45) is 7.07. The van der Waals surface area contributed by atoms with Gasteiger partial charge in [-0.05, 0) is 83.3 Å². The van der Waals surface area contributed by atoms with Gasteiger partial charge in [0.1, 0.15) is 11.5 Å². The molecular weight excluding hydrogens is 463 g/mol. The minimum Gasteiger partial charge on any atom is -0.418 e. The Hall–Kier alpha value is -3.29. The monoisotopic (exact) mass is 498 g/mol. The van der Waals surface area contributed by atoms with Crippen LogP contribution in [-0.2, 0) is 17.4 Å². The lowest BCUT2D eigenvalue weighted by atomic mass is 10.0. The topological polar surface area (TPSA) is 35.5 Å². The Labute approximate surface area is 216 Å². The van der Waals surface area contributed by atoms with E-state index >= 15 is 0 Å². The second-order valence-electron chi connectivity index (χ2n) is 9.10. The molecule has 4 aromatic rings. The molecule has 0 aliphatic carbocycles. The highest BCUT2D eigenvalue weighted by Gasteiger charge is 2.07. The van der Waals surface area contributed by atoms with Crippen molar-refractivity contribution in [3.05, 3.63) is 108 Å². The van der Waals surface area contributed by atoms with E-state index in [9.17, 15) is 4.57 Å². The van der Waals surface area contributed by atoms with Gasteiger partial charge >= 0.3 is 8.25 Å². The first kappa shape index (κ1) is 25.8. The van der Waals surface area contributed by atoms with Crippen LogP contribution in [0.15, 0.2) is 97.1 Å². The standard InChI is InChI=1S/C32H35O3P/c1-3-5-7-25-9-13-27(14-10-25)29-17-21-31(22-18-29)34-36(33)35-32-23-19-30(20-24-32)28-15-11-26(12-16-28)8-6-4-2/h9-24,36H,3-8H2,1-2H3. The van der Waals surface area contributed by atoms with Gasteiger partial charge in [0.25, 0.3) is 0 Å². The largest absolute Gasteiger partial charge is 0.418 e. The average molecular weight is 499 g/mol. The van der Waals surface area contributed by atoms with Crippen LogP contribution in [0.5, 0.6) is 11.5 Å². The third kappa shape index (κ3) is 7.35. The molecule has 4 heteroatoms. The Morgan fingerprint density at radius 2 is 0.806 bits per heavy atom. The Morgan fingerprint density at radius 3 is 1.11 bits per heavy atom. The first-order chi connectivity index (χ1) is 17.6. The van der Waals surface area contributed by atoms with E-state index in [1.165, 1.54) is 36.8 Å². The van der Waals surface area contributed by atoms with Crippen molar-refractivity contribution in [3.8, 4) is 33.8 Å². The summed E-state index contributed by atoms with van der Waals surface area (Å²) in [5.41, 5.74) is 7.23. The Balaban J connectivity index is 1.30. The number of unbranched alkanes of at least 4 members (excludes halogenated alkanes) is 2. The van der Waals surface area contributed by atoms with E-state index in [-0.39, 0.29) is 0 Å². The van der Waals surface area contributed by atoms with Crippen molar-refractivity contribution in [2.75, 3.05) is 0 Å². The van der Waals surface area contributed by atoms with Crippen LogP contribution in [-0.4, -0.2) is 0 Å². The Morgan fingerprint density at radius 1 is 0.500 bits per heavy atom. The molecule has 0 bridgehead atoms. The molecule has 0 saturated heterocycles. The van der Waals surface area contributed by atoms with Gasteiger partial charge in [0.15, 0.2) is 0 Å². The van der Waals surface area contributed by atoms with Crippen molar-refractivity contribution < 1.29 is 13.6 Å². The van der Waals surface area contributed by atoms with Crippen molar-refractivity contribution >= 4 is 8.25 Å². The molecular formula is C32H35O3P. The van der Waals surface area contributed by atoms with Crippen molar-refractivity contribution in [2.45, 2.75) is 52.4 Å². The van der Waals surface area contributed by atoms with Crippen LogP contribution < -0.4 is 9.05 Å². The highest BCUT2D eigenvalue weighted by Crippen LogP contribution is 2.33. The van der Waals surface area contributed by atoms with E-state index < -0.39 is 8.25 Å². The van der Waals surface area contributed by atoms with Crippen LogP contribution in [0.2, 0.25) is 0 Å². The molecule has 0 N–H and O–H groups in total. The Kier molecular flexibility index (Phi) is 9.41. The van der Waals surface area contributed by atoms with Gasteiger partial charge in [-0.25, -0.2) is 4.57 Å². The van der Waals surface area contributed by atoms with Crippen LogP contribution in [0, 0.1) is 0 Å². The number of benzene rings is 4. The van der Waals surface area contributed by atoms with Gasteiger partial charge < -0.3 is 9.05 Å². The summed E-state index contributed by atoms with van der Waals surface area (Å²) >= 11 is 0. The van der Waals surface area contributed by atoms with Crippen molar-refractivity contribution in [1.29, 1.82) is 0 Å². The van der Waals surface area contributed by atoms with Gasteiger partial charge in [-0.3, -0.25) is 0 Å². The van der Waals surface area contributed by atoms with E-state index in [2.05, 4.69) is 62.4 Å². The van der Waals surface area contributed by atoms with Gasteiger partial charge in [0.05, 0.1) is 0 Å². The highest BCUT2D eigenvalue weighted by atomic mass is 31.1. The third-order valence-corrected chi connectivity index (χ3v) is 7.13. The maximum atomic E-state index is 12.5. The van der Waals surface area contributed by atoms with Gasteiger partial charge in [0, 0.05) is 0 Å². The van der Waals surface area contributed by atoms with Crippen LogP contribution >= 0.6 is 8.25 Å². The predicted octanol–water partition coefficient (Wildman–Crippen LogP) is 9.55. The van der Waals surface area contributed by atoms with Crippen molar-refractivity contribution in [1.82, 2.24) is 0 Å². The molecule has 0 saturated carbocycles. The number of aryl methyl sites for hydroxylation is 2. The zero-order chi connectivity index (χ0) is 25.2. The lowest BCUT2D eigenvalue weighted by Gasteiger charge is -2.10. The molecule has 36 heavy (non-hydrogen) atoms. The molecule has 186 valence electrons. The van der Waals surface area contributed by atoms with Crippen LogP contribution in [0.3, 0.4) is 0 Å². The van der Waals surface area contributed by atoms with Crippen molar-refractivity contribution in [3.63, 3.8) is 0 Å². The fourth-order valence-corrected chi connectivity index (χ4v) is 4.83. The molecule has 0 aliphatic heterocycles. The maximum absolute atomic E-state index is 12.5. The zero-order valence-corrected chi connectivity index (χ0v) is 22.2. The summed E-state index contributed by atoms with van der Waals surface area (Å²) in [6, 6.07) is 32.6. The van der Waals surface area contributed by atoms with Gasteiger partial charge in [-0.1, -0.05) is 99.5 Å². The molecule has 4 aromatic carbocycles. The number of hydrogen-bond acceptors (Lipinski definition) is 3. The summed E-state index contributed by atoms with van der Waals surface area (Å²) < 4.78 is 23.6. The van der Waals surface area contributed by atoms with E-state index in [0.717, 1.165) is 35.1 Å². The summed E-state index contributed by atoms with van der Waals surface area (Å²) in [7, 11) is -2.73. The molecule has 3 nitrogen and oxygen atoms in total. The first-order valence-electron chi connectivity index (χ1n) is 12.9. The number of hydrogen-bond donors (Lipinski definition) is 0. The number of rotatable bonds is 12. The second kappa shape index (κ2) is 13.1. The molecule has 0 radical (unpaired) electrons. The third-order valence-electron chi connectivity index (χ3n) is 6.32. The van der Waals surface area contributed by atoms with Gasteiger partial charge in [-0.15, -0.1) is 0 Å². The maximum Gasteiger partial charge on any atom is 0.418 e. The predicted molar refractivity (Wildman–Crippen MR) is 151 cm³/mol. The van der Waals surface area contributed by atoms with E-state index in [0.29, 0.717) is 11.5 Å². The molecule has 0 fully saturated rings. The SMILES string of the molecule is CCCCc1ccc(-c2ccc(O[PH](=O)Oc3ccc(-c4ccc(CCCC)cc4)cc3)cc2)cc1. The lowest BCUT2D eigenvalue weighted by Crippen LogP contribution is -1.90. The normalized spacial score (nSPS) is 11.0. The molecule has 0 aliphatic rings. The van der Waals surface area contributed by atoms with Crippen molar-refractivity contribution in [2.24, 2.45) is 0 Å². The Bertz CT molecular complexity index is 1130. The second-order valence-corrected chi connectivity index (χ2v) is 10.0. The summed E-state index contributed by atoms with van der Waals surface area (Å²) in [5.74, 6) is 1.06. The molecule has 0 atom stereocenters. The smallest absolute Gasteiger partial charge is 0.418 e.